The van der Waals surface area contributed by atoms with Crippen LogP contribution in [0.1, 0.15) is 26.9 Å². The van der Waals surface area contributed by atoms with Gasteiger partial charge in [-0.3, -0.25) is 14.5 Å². The summed E-state index contributed by atoms with van der Waals surface area (Å²) in [5.41, 5.74) is 3.92. The van der Waals surface area contributed by atoms with Gasteiger partial charge in [0.25, 0.3) is 5.91 Å². The molecule has 0 bridgehead atoms. The van der Waals surface area contributed by atoms with E-state index >= 15 is 0 Å². The van der Waals surface area contributed by atoms with Gasteiger partial charge in [-0.15, -0.1) is 11.8 Å². The summed E-state index contributed by atoms with van der Waals surface area (Å²) in [5, 5.41) is 3.53. The van der Waals surface area contributed by atoms with Gasteiger partial charge in [0, 0.05) is 27.0 Å². The fourth-order valence-corrected chi connectivity index (χ4v) is 5.08. The summed E-state index contributed by atoms with van der Waals surface area (Å²) in [5.74, 6) is 0.178. The van der Waals surface area contributed by atoms with Gasteiger partial charge in [-0.2, -0.15) is 0 Å². The standard InChI is InChI=1S/C23H18Cl2N2O2S/c1-14-4-2-7-20(8-14)27-21(28)13-30-23(27)15-5-3-6-19(11-15)26-22(29)16-9-17(24)12-18(25)10-16/h2-12,23H,13H2,1H3,(H,26,29). The van der Waals surface area contributed by atoms with Crippen LogP contribution in [-0.2, 0) is 4.79 Å². The minimum Gasteiger partial charge on any atom is -0.322 e. The zero-order valence-electron chi connectivity index (χ0n) is 16.1. The number of carbonyl (C=O) groups excluding carboxylic acids is 2. The Bertz CT molecular complexity index is 1120. The van der Waals surface area contributed by atoms with Crippen LogP contribution in [0.2, 0.25) is 10.0 Å². The number of rotatable bonds is 4. The average molecular weight is 457 g/mol. The molecule has 4 rings (SSSR count). The van der Waals surface area contributed by atoms with Gasteiger partial charge in [0.05, 0.1) is 5.75 Å². The van der Waals surface area contributed by atoms with Crippen LogP contribution < -0.4 is 10.2 Å². The van der Waals surface area contributed by atoms with E-state index in [1.807, 2.05) is 60.4 Å². The Morgan fingerprint density at radius 3 is 2.50 bits per heavy atom. The van der Waals surface area contributed by atoms with Gasteiger partial charge in [0.15, 0.2) is 0 Å². The number of anilines is 2. The molecule has 0 aromatic heterocycles. The van der Waals surface area contributed by atoms with E-state index < -0.39 is 0 Å². The highest BCUT2D eigenvalue weighted by Crippen LogP contribution is 2.42. The second-order valence-electron chi connectivity index (χ2n) is 7.00. The summed E-state index contributed by atoms with van der Waals surface area (Å²) in [7, 11) is 0. The Labute approximate surface area is 189 Å². The van der Waals surface area contributed by atoms with E-state index in [1.54, 1.807) is 30.0 Å². The number of carbonyl (C=O) groups is 2. The van der Waals surface area contributed by atoms with E-state index in [-0.39, 0.29) is 17.2 Å². The summed E-state index contributed by atoms with van der Waals surface area (Å²) in [6.07, 6.45) is 0. The zero-order chi connectivity index (χ0) is 21.3. The van der Waals surface area contributed by atoms with Crippen LogP contribution in [-0.4, -0.2) is 17.6 Å². The van der Waals surface area contributed by atoms with Crippen molar-refractivity contribution in [1.29, 1.82) is 0 Å². The molecule has 4 nitrogen and oxygen atoms in total. The molecule has 1 fully saturated rings. The molecule has 1 aliphatic heterocycles. The van der Waals surface area contributed by atoms with Gasteiger partial charge in [0.2, 0.25) is 5.91 Å². The highest BCUT2D eigenvalue weighted by molar-refractivity contribution is 8.00. The second kappa shape index (κ2) is 8.72. The van der Waals surface area contributed by atoms with Gasteiger partial charge < -0.3 is 5.32 Å². The van der Waals surface area contributed by atoms with Crippen molar-refractivity contribution in [1.82, 2.24) is 0 Å². The van der Waals surface area contributed by atoms with Gasteiger partial charge in [-0.05, 0) is 60.5 Å². The lowest BCUT2D eigenvalue weighted by atomic mass is 10.1. The van der Waals surface area contributed by atoms with E-state index in [0.29, 0.717) is 27.0 Å². The Morgan fingerprint density at radius 2 is 1.77 bits per heavy atom. The summed E-state index contributed by atoms with van der Waals surface area (Å²) in [6.45, 7) is 2.00. The first kappa shape index (κ1) is 20.8. The lowest BCUT2D eigenvalue weighted by molar-refractivity contribution is -0.115. The maximum absolute atomic E-state index is 12.6. The number of nitrogens with zero attached hydrogens (tertiary/aromatic N) is 1. The predicted octanol–water partition coefficient (Wildman–Crippen LogP) is 6.33. The minimum atomic E-state index is -0.303. The molecule has 1 unspecified atom stereocenters. The van der Waals surface area contributed by atoms with Crippen molar-refractivity contribution in [3.63, 3.8) is 0 Å². The molecule has 1 saturated heterocycles. The number of halogens is 2. The highest BCUT2D eigenvalue weighted by atomic mass is 35.5. The van der Waals surface area contributed by atoms with Crippen LogP contribution in [0.4, 0.5) is 11.4 Å². The summed E-state index contributed by atoms with van der Waals surface area (Å²) >= 11 is 13.6. The Morgan fingerprint density at radius 1 is 1.03 bits per heavy atom. The predicted molar refractivity (Wildman–Crippen MR) is 125 cm³/mol. The van der Waals surface area contributed by atoms with Crippen molar-refractivity contribution in [2.45, 2.75) is 12.3 Å². The topological polar surface area (TPSA) is 49.4 Å². The Kier molecular flexibility index (Phi) is 6.04. The molecule has 152 valence electrons. The van der Waals surface area contributed by atoms with Crippen molar-refractivity contribution in [3.05, 3.63) is 93.5 Å². The molecule has 1 aliphatic rings. The summed E-state index contributed by atoms with van der Waals surface area (Å²) in [6, 6.07) is 20.1. The fourth-order valence-electron chi connectivity index (χ4n) is 3.39. The number of nitrogens with one attached hydrogen (secondary N) is 1. The SMILES string of the molecule is Cc1cccc(N2C(=O)CSC2c2cccc(NC(=O)c3cc(Cl)cc(Cl)c3)c2)c1. The van der Waals surface area contributed by atoms with E-state index in [1.165, 1.54) is 0 Å². The monoisotopic (exact) mass is 456 g/mol. The molecule has 0 spiro atoms. The van der Waals surface area contributed by atoms with Crippen LogP contribution in [0.15, 0.2) is 66.7 Å². The number of hydrogen-bond donors (Lipinski definition) is 1. The second-order valence-corrected chi connectivity index (χ2v) is 8.95. The number of amides is 2. The first-order chi connectivity index (χ1) is 14.4. The molecule has 0 saturated carbocycles. The number of aryl methyl sites for hydroxylation is 1. The first-order valence-electron chi connectivity index (χ1n) is 9.28. The van der Waals surface area contributed by atoms with E-state index in [4.69, 9.17) is 23.2 Å². The highest BCUT2D eigenvalue weighted by Gasteiger charge is 2.34. The molecular formula is C23H18Cl2N2O2S. The number of benzene rings is 3. The molecular weight excluding hydrogens is 439 g/mol. The smallest absolute Gasteiger partial charge is 0.255 e. The Hall–Kier alpha value is -2.47. The summed E-state index contributed by atoms with van der Waals surface area (Å²) in [4.78, 5) is 27.0. The third-order valence-electron chi connectivity index (χ3n) is 4.70. The van der Waals surface area contributed by atoms with Gasteiger partial charge in [0.1, 0.15) is 5.37 Å². The molecule has 3 aromatic carbocycles. The van der Waals surface area contributed by atoms with Crippen LogP contribution >= 0.6 is 35.0 Å². The van der Waals surface area contributed by atoms with Crippen LogP contribution in [0, 0.1) is 6.92 Å². The minimum absolute atomic E-state index is 0.0682. The van der Waals surface area contributed by atoms with Gasteiger partial charge in [-0.25, -0.2) is 0 Å². The van der Waals surface area contributed by atoms with Crippen molar-refractivity contribution in [2.75, 3.05) is 16.0 Å². The average Bonchev–Trinajstić information content (AvgIpc) is 3.09. The molecule has 7 heteroatoms. The fraction of sp³-hybridized carbons (Fsp3) is 0.130. The first-order valence-corrected chi connectivity index (χ1v) is 11.1. The number of thioether (sulfide) groups is 1. The molecule has 0 radical (unpaired) electrons. The van der Waals surface area contributed by atoms with E-state index in [9.17, 15) is 9.59 Å². The van der Waals surface area contributed by atoms with E-state index in [0.717, 1.165) is 16.8 Å². The molecule has 1 atom stereocenters. The third-order valence-corrected chi connectivity index (χ3v) is 6.35. The Balaban J connectivity index is 1.59. The normalized spacial score (nSPS) is 16.0. The molecule has 0 aliphatic carbocycles. The quantitative estimate of drug-likeness (QED) is 0.498. The van der Waals surface area contributed by atoms with Crippen LogP contribution in [0.25, 0.3) is 0 Å². The van der Waals surface area contributed by atoms with E-state index in [2.05, 4.69) is 5.32 Å². The molecule has 30 heavy (non-hydrogen) atoms. The molecule has 1 N–H and O–H groups in total. The van der Waals surface area contributed by atoms with Crippen molar-refractivity contribution < 1.29 is 9.59 Å². The van der Waals surface area contributed by atoms with Gasteiger partial charge >= 0.3 is 0 Å². The lowest BCUT2D eigenvalue weighted by Gasteiger charge is -2.25. The van der Waals surface area contributed by atoms with Crippen LogP contribution in [0.3, 0.4) is 0 Å². The lowest BCUT2D eigenvalue weighted by Crippen LogP contribution is -2.27. The maximum atomic E-state index is 12.6. The third kappa shape index (κ3) is 4.48. The van der Waals surface area contributed by atoms with Crippen molar-refractivity contribution in [2.24, 2.45) is 0 Å². The summed E-state index contributed by atoms with van der Waals surface area (Å²) < 4.78 is 0. The van der Waals surface area contributed by atoms with Crippen molar-refractivity contribution in [3.8, 4) is 0 Å². The van der Waals surface area contributed by atoms with Gasteiger partial charge in [-0.1, -0.05) is 47.5 Å². The maximum Gasteiger partial charge on any atom is 0.255 e. The largest absolute Gasteiger partial charge is 0.322 e. The molecule has 2 amide bonds. The van der Waals surface area contributed by atoms with Crippen LogP contribution in [0.5, 0.6) is 0 Å². The molecule has 3 aromatic rings. The van der Waals surface area contributed by atoms with Crippen molar-refractivity contribution >= 4 is 58.2 Å². The molecule has 1 heterocycles. The zero-order valence-corrected chi connectivity index (χ0v) is 18.4. The number of hydrogen-bond acceptors (Lipinski definition) is 3.